The van der Waals surface area contributed by atoms with Crippen LogP contribution in [-0.4, -0.2) is 21.6 Å². The van der Waals surface area contributed by atoms with Crippen molar-refractivity contribution in [3.8, 4) is 5.69 Å². The van der Waals surface area contributed by atoms with E-state index < -0.39 is 53.0 Å². The number of aromatic amines is 1. The van der Waals surface area contributed by atoms with Gasteiger partial charge in [0.1, 0.15) is 12.5 Å². The van der Waals surface area contributed by atoms with E-state index in [1.165, 1.54) is 0 Å². The minimum Gasteiger partial charge on any atom is -0.459 e. The Labute approximate surface area is 143 Å². The number of ether oxygens (including phenoxy) is 1. The fourth-order valence-corrected chi connectivity index (χ4v) is 2.24. The second-order valence-corrected chi connectivity index (χ2v) is 5.64. The largest absolute Gasteiger partial charge is 0.459 e. The average Bonchev–Trinajstić information content (AvgIpc) is 2.52. The molecule has 0 aliphatic rings. The van der Waals surface area contributed by atoms with Crippen molar-refractivity contribution in [3.63, 3.8) is 0 Å². The highest BCUT2D eigenvalue weighted by atomic mass is 35.5. The molecule has 6 nitrogen and oxygen atoms in total. The van der Waals surface area contributed by atoms with Crippen molar-refractivity contribution >= 4 is 17.6 Å². The lowest BCUT2D eigenvalue weighted by Crippen LogP contribution is -2.37. The van der Waals surface area contributed by atoms with Crippen LogP contribution in [0.5, 0.6) is 0 Å². The number of hydrogen-bond donors (Lipinski definition) is 1. The van der Waals surface area contributed by atoms with Crippen LogP contribution in [0.2, 0.25) is 5.02 Å². The van der Waals surface area contributed by atoms with Crippen molar-refractivity contribution < 1.29 is 22.7 Å². The van der Waals surface area contributed by atoms with Gasteiger partial charge in [0.15, 0.2) is 0 Å². The molecule has 25 heavy (non-hydrogen) atoms. The van der Waals surface area contributed by atoms with E-state index in [0.717, 1.165) is 6.07 Å². The molecule has 1 N–H and O–H groups in total. The number of aromatic nitrogens is 2. The zero-order valence-corrected chi connectivity index (χ0v) is 13.8. The summed E-state index contributed by atoms with van der Waals surface area (Å²) in [7, 11) is 0. The number of rotatable bonds is 4. The van der Waals surface area contributed by atoms with E-state index in [2.05, 4.69) is 0 Å². The molecule has 1 aromatic carbocycles. The Morgan fingerprint density at radius 3 is 2.52 bits per heavy atom. The first-order chi connectivity index (χ1) is 11.7. The third kappa shape index (κ3) is 3.60. The highest BCUT2D eigenvalue weighted by Gasteiger charge is 2.22. The quantitative estimate of drug-likeness (QED) is 0.831. The molecule has 0 aliphatic heterocycles. The first kappa shape index (κ1) is 18.8. The first-order valence-corrected chi connectivity index (χ1v) is 7.35. The van der Waals surface area contributed by atoms with Crippen LogP contribution < -0.4 is 11.2 Å². The van der Waals surface area contributed by atoms with Gasteiger partial charge < -0.3 is 9.72 Å². The molecule has 134 valence electrons. The summed E-state index contributed by atoms with van der Waals surface area (Å²) in [6.07, 6.45) is -0.510. The van der Waals surface area contributed by atoms with E-state index in [4.69, 9.17) is 16.3 Å². The number of carbonyl (C=O) groups excluding carboxylic acids is 1. The molecular formula is C15H12ClF3N2O4. The number of nitrogens with one attached hydrogen (secondary N) is 1. The minimum atomic E-state index is -1.58. The van der Waals surface area contributed by atoms with Gasteiger partial charge in [0.25, 0.3) is 5.56 Å². The van der Waals surface area contributed by atoms with E-state index in [1.807, 2.05) is 0 Å². The van der Waals surface area contributed by atoms with E-state index in [0.29, 0.717) is 6.07 Å². The van der Waals surface area contributed by atoms with E-state index in [-0.39, 0.29) is 15.2 Å². The number of nitrogens with zero attached hydrogens (tertiary/aromatic N) is 1. The summed E-state index contributed by atoms with van der Waals surface area (Å²) in [5.41, 5.74) is -4.76. The maximum atomic E-state index is 14.2. The molecule has 0 bridgehead atoms. The number of hydrogen-bond acceptors (Lipinski definition) is 4. The van der Waals surface area contributed by atoms with Gasteiger partial charge in [-0.25, -0.2) is 22.9 Å². The Balaban J connectivity index is 2.73. The van der Waals surface area contributed by atoms with Crippen molar-refractivity contribution in [1.29, 1.82) is 0 Å². The summed E-state index contributed by atoms with van der Waals surface area (Å²) >= 11 is 5.79. The second-order valence-electron chi connectivity index (χ2n) is 5.23. The summed E-state index contributed by atoms with van der Waals surface area (Å²) < 4.78 is 45.6. The van der Waals surface area contributed by atoms with Crippen LogP contribution in [0.25, 0.3) is 5.69 Å². The summed E-state index contributed by atoms with van der Waals surface area (Å²) in [6.45, 7) is 1.71. The standard InChI is InChI=1S/C15H12ClF3N2O4/c1-6(2)25-14(23)7-3-11(9(18)4-8(7)16)21-13(22)12(19)10(5-17)20-15(21)24/h3-4,6H,5H2,1-2H3,(H,20,24). The van der Waals surface area contributed by atoms with Gasteiger partial charge in [0, 0.05) is 0 Å². The maximum absolute atomic E-state index is 14.2. The highest BCUT2D eigenvalue weighted by molar-refractivity contribution is 6.33. The molecular weight excluding hydrogens is 365 g/mol. The Hall–Kier alpha value is -2.55. The van der Waals surface area contributed by atoms with Crippen LogP contribution in [0.15, 0.2) is 21.7 Å². The average molecular weight is 377 g/mol. The lowest BCUT2D eigenvalue weighted by Gasteiger charge is -2.12. The van der Waals surface area contributed by atoms with Crippen LogP contribution in [0.4, 0.5) is 13.2 Å². The van der Waals surface area contributed by atoms with Crippen molar-refractivity contribution in [2.45, 2.75) is 26.6 Å². The Bertz CT molecular complexity index is 953. The van der Waals surface area contributed by atoms with Crippen molar-refractivity contribution in [2.24, 2.45) is 0 Å². The highest BCUT2D eigenvalue weighted by Crippen LogP contribution is 2.23. The van der Waals surface area contributed by atoms with Gasteiger partial charge in [-0.05, 0) is 26.0 Å². The molecule has 10 heteroatoms. The van der Waals surface area contributed by atoms with Gasteiger partial charge in [-0.2, -0.15) is 4.39 Å². The fraction of sp³-hybridized carbons (Fsp3) is 0.267. The number of halogens is 4. The van der Waals surface area contributed by atoms with Crippen LogP contribution in [0.3, 0.4) is 0 Å². The maximum Gasteiger partial charge on any atom is 0.339 e. The molecule has 0 saturated carbocycles. The van der Waals surface area contributed by atoms with E-state index in [9.17, 15) is 27.6 Å². The lowest BCUT2D eigenvalue weighted by atomic mass is 10.2. The molecule has 1 aromatic heterocycles. The lowest BCUT2D eigenvalue weighted by molar-refractivity contribution is 0.0378. The van der Waals surface area contributed by atoms with Crippen molar-refractivity contribution in [3.05, 3.63) is 60.9 Å². The molecule has 0 saturated heterocycles. The molecule has 0 spiro atoms. The number of esters is 1. The third-order valence-electron chi connectivity index (χ3n) is 3.09. The minimum absolute atomic E-state index is 0.103. The number of carbonyl (C=O) groups is 1. The van der Waals surface area contributed by atoms with Gasteiger partial charge in [-0.3, -0.25) is 4.79 Å². The molecule has 0 aliphatic carbocycles. The Morgan fingerprint density at radius 1 is 1.32 bits per heavy atom. The summed E-state index contributed by atoms with van der Waals surface area (Å²) in [4.78, 5) is 37.7. The fourth-order valence-electron chi connectivity index (χ4n) is 2.01. The third-order valence-corrected chi connectivity index (χ3v) is 3.40. The van der Waals surface area contributed by atoms with Crippen LogP contribution >= 0.6 is 11.6 Å². The summed E-state index contributed by atoms with van der Waals surface area (Å²) in [5, 5.41) is -0.322. The Morgan fingerprint density at radius 2 is 1.96 bits per heavy atom. The van der Waals surface area contributed by atoms with Crippen LogP contribution in [0.1, 0.15) is 29.9 Å². The molecule has 0 amide bonds. The van der Waals surface area contributed by atoms with Crippen molar-refractivity contribution in [1.82, 2.24) is 9.55 Å². The molecule has 2 rings (SSSR count). The zero-order chi connectivity index (χ0) is 18.9. The van der Waals surface area contributed by atoms with Crippen LogP contribution in [0, 0.1) is 11.6 Å². The summed E-state index contributed by atoms with van der Waals surface area (Å²) in [5.74, 6) is -3.67. The van der Waals surface area contributed by atoms with Gasteiger partial charge in [0.2, 0.25) is 5.82 Å². The normalized spacial score (nSPS) is 11.0. The molecule has 2 aromatic rings. The van der Waals surface area contributed by atoms with Crippen LogP contribution in [-0.2, 0) is 11.4 Å². The molecule has 1 heterocycles. The zero-order valence-electron chi connectivity index (χ0n) is 13.0. The van der Waals surface area contributed by atoms with Gasteiger partial charge in [-0.15, -0.1) is 0 Å². The predicted molar refractivity (Wildman–Crippen MR) is 82.9 cm³/mol. The number of H-pyrrole nitrogens is 1. The number of benzene rings is 1. The van der Waals surface area contributed by atoms with E-state index >= 15 is 0 Å². The number of alkyl halides is 1. The van der Waals surface area contributed by atoms with Gasteiger partial charge >= 0.3 is 11.7 Å². The van der Waals surface area contributed by atoms with E-state index in [1.54, 1.807) is 18.8 Å². The Kier molecular flexibility index (Phi) is 5.36. The van der Waals surface area contributed by atoms with Gasteiger partial charge in [0.05, 0.1) is 28.1 Å². The molecule has 0 fully saturated rings. The molecule has 0 atom stereocenters. The summed E-state index contributed by atoms with van der Waals surface area (Å²) in [6, 6.07) is 1.47. The van der Waals surface area contributed by atoms with Gasteiger partial charge in [-0.1, -0.05) is 11.6 Å². The first-order valence-electron chi connectivity index (χ1n) is 6.97. The second kappa shape index (κ2) is 7.14. The smallest absolute Gasteiger partial charge is 0.339 e. The molecule has 0 radical (unpaired) electrons. The van der Waals surface area contributed by atoms with Crippen molar-refractivity contribution in [2.75, 3.05) is 0 Å². The predicted octanol–water partition coefficient (Wildman–Crippen LogP) is 2.49. The topological polar surface area (TPSA) is 81.2 Å². The SMILES string of the molecule is CC(C)OC(=O)c1cc(-n2c(=O)[nH]c(CF)c(F)c2=O)c(F)cc1Cl. The molecule has 0 unspecified atom stereocenters. The monoisotopic (exact) mass is 376 g/mol.